The minimum absolute atomic E-state index is 0.0175. The minimum atomic E-state index is -0.570. The molecule has 0 aromatic heterocycles. The number of nitrogens with zero attached hydrogens (tertiary/aromatic N) is 1. The third-order valence-corrected chi connectivity index (χ3v) is 6.73. The predicted molar refractivity (Wildman–Crippen MR) is 100 cm³/mol. The van der Waals surface area contributed by atoms with Crippen LogP contribution >= 0.6 is 23.4 Å². The van der Waals surface area contributed by atoms with Gasteiger partial charge in [0.25, 0.3) is 0 Å². The van der Waals surface area contributed by atoms with E-state index in [4.69, 9.17) is 11.6 Å². The van der Waals surface area contributed by atoms with Gasteiger partial charge < -0.3 is 10.2 Å². The number of benzene rings is 2. The number of hydrogen-bond acceptors (Lipinski definition) is 3. The van der Waals surface area contributed by atoms with Crippen molar-refractivity contribution < 1.29 is 14.0 Å². The molecule has 2 aromatic carbocycles. The summed E-state index contributed by atoms with van der Waals surface area (Å²) >= 11 is 7.40. The number of carbonyl (C=O) groups is 2. The molecule has 2 aromatic rings. The number of carbonyl (C=O) groups excluding carboxylic acids is 2. The van der Waals surface area contributed by atoms with E-state index in [2.05, 4.69) is 5.32 Å². The van der Waals surface area contributed by atoms with Gasteiger partial charge in [-0.3, -0.25) is 9.59 Å². The minimum Gasteiger partial charge on any atom is -0.324 e. The molecular formula is C19H16ClFN2O2S. The van der Waals surface area contributed by atoms with Gasteiger partial charge in [0.05, 0.1) is 5.02 Å². The topological polar surface area (TPSA) is 49.4 Å². The van der Waals surface area contributed by atoms with Crippen LogP contribution in [0, 0.1) is 5.82 Å². The highest BCUT2D eigenvalue weighted by atomic mass is 35.5. The van der Waals surface area contributed by atoms with E-state index in [-0.39, 0.29) is 16.8 Å². The van der Waals surface area contributed by atoms with Crippen LogP contribution in [-0.4, -0.2) is 28.5 Å². The first kappa shape index (κ1) is 17.4. The highest BCUT2D eigenvalue weighted by Crippen LogP contribution is 2.54. The van der Waals surface area contributed by atoms with Gasteiger partial charge in [-0.05, 0) is 30.2 Å². The second-order valence-electron chi connectivity index (χ2n) is 6.36. The molecule has 26 heavy (non-hydrogen) atoms. The van der Waals surface area contributed by atoms with Gasteiger partial charge in [0.15, 0.2) is 0 Å². The third-order valence-electron chi connectivity index (χ3n) is 4.84. The highest BCUT2D eigenvalue weighted by molar-refractivity contribution is 8.00. The zero-order chi connectivity index (χ0) is 18.3. The standard InChI is InChI=1S/C19H16ClFN2O2S/c20-14-10-13(6-7-15(14)21)22-18(25)16-11-26-19(9-8-17(24)23(16)19)12-4-2-1-3-5-12/h1-7,10,16H,8-9,11H2,(H,22,25)/t16-,19+/m0/s1. The largest absolute Gasteiger partial charge is 0.324 e. The normalized spacial score (nSPS) is 24.6. The molecule has 0 unspecified atom stereocenters. The Morgan fingerprint density at radius 1 is 1.27 bits per heavy atom. The maximum Gasteiger partial charge on any atom is 0.248 e. The van der Waals surface area contributed by atoms with E-state index in [9.17, 15) is 14.0 Å². The lowest BCUT2D eigenvalue weighted by Gasteiger charge is -2.34. The first-order valence-electron chi connectivity index (χ1n) is 8.29. The van der Waals surface area contributed by atoms with Crippen LogP contribution in [0.3, 0.4) is 0 Å². The smallest absolute Gasteiger partial charge is 0.248 e. The Bertz CT molecular complexity index is 879. The highest BCUT2D eigenvalue weighted by Gasteiger charge is 2.56. The van der Waals surface area contributed by atoms with Crippen molar-refractivity contribution >= 4 is 40.9 Å². The molecular weight excluding hydrogens is 375 g/mol. The van der Waals surface area contributed by atoms with Crippen LogP contribution in [0.25, 0.3) is 0 Å². The van der Waals surface area contributed by atoms with Crippen molar-refractivity contribution in [1.29, 1.82) is 0 Å². The van der Waals surface area contributed by atoms with Gasteiger partial charge in [0, 0.05) is 17.9 Å². The van der Waals surface area contributed by atoms with Gasteiger partial charge in [0.1, 0.15) is 16.7 Å². The fourth-order valence-corrected chi connectivity index (χ4v) is 5.47. The van der Waals surface area contributed by atoms with Crippen LogP contribution in [0.4, 0.5) is 10.1 Å². The number of fused-ring (bicyclic) bond motifs is 1. The molecule has 4 nitrogen and oxygen atoms in total. The Labute approximate surface area is 159 Å². The molecule has 2 aliphatic rings. The summed E-state index contributed by atoms with van der Waals surface area (Å²) in [5.41, 5.74) is 1.45. The number of rotatable bonds is 3. The molecule has 0 bridgehead atoms. The predicted octanol–water partition coefficient (Wildman–Crippen LogP) is 4.01. The summed E-state index contributed by atoms with van der Waals surface area (Å²) in [6, 6.07) is 13.3. The molecule has 2 aliphatic heterocycles. The monoisotopic (exact) mass is 390 g/mol. The molecule has 2 saturated heterocycles. The molecule has 0 spiro atoms. The Morgan fingerprint density at radius 2 is 2.04 bits per heavy atom. The lowest BCUT2D eigenvalue weighted by Crippen LogP contribution is -2.48. The molecule has 2 fully saturated rings. The molecule has 2 heterocycles. The maximum absolute atomic E-state index is 13.3. The third kappa shape index (κ3) is 2.77. The van der Waals surface area contributed by atoms with Crippen molar-refractivity contribution in [1.82, 2.24) is 4.90 Å². The van der Waals surface area contributed by atoms with Crippen molar-refractivity contribution in [2.24, 2.45) is 0 Å². The van der Waals surface area contributed by atoms with E-state index in [1.54, 1.807) is 16.7 Å². The number of halogens is 2. The average molecular weight is 391 g/mol. The first-order chi connectivity index (χ1) is 12.5. The van der Waals surface area contributed by atoms with Gasteiger partial charge in [0.2, 0.25) is 11.8 Å². The van der Waals surface area contributed by atoms with Gasteiger partial charge >= 0.3 is 0 Å². The molecule has 4 rings (SSSR count). The van der Waals surface area contributed by atoms with Gasteiger partial charge in [-0.2, -0.15) is 0 Å². The Balaban J connectivity index is 1.60. The number of nitrogens with one attached hydrogen (secondary N) is 1. The van der Waals surface area contributed by atoms with E-state index in [0.29, 0.717) is 24.3 Å². The summed E-state index contributed by atoms with van der Waals surface area (Å²) in [4.78, 5) is 26.6. The molecule has 0 aliphatic carbocycles. The molecule has 2 amide bonds. The Morgan fingerprint density at radius 3 is 2.77 bits per heavy atom. The zero-order valence-electron chi connectivity index (χ0n) is 13.7. The van der Waals surface area contributed by atoms with Gasteiger partial charge in [-0.15, -0.1) is 11.8 Å². The summed E-state index contributed by atoms with van der Waals surface area (Å²) in [5, 5.41) is 2.70. The van der Waals surface area contributed by atoms with Crippen molar-refractivity contribution in [3.05, 3.63) is 64.9 Å². The lowest BCUT2D eigenvalue weighted by molar-refractivity contribution is -0.136. The fourth-order valence-electron chi connectivity index (χ4n) is 3.64. The van der Waals surface area contributed by atoms with Gasteiger partial charge in [-0.25, -0.2) is 4.39 Å². The van der Waals surface area contributed by atoms with E-state index in [1.165, 1.54) is 18.2 Å². The number of amides is 2. The Hall–Kier alpha value is -2.05. The SMILES string of the molecule is O=C(Nc1ccc(F)c(Cl)c1)[C@@H]1CS[C@@]2(c3ccccc3)CCC(=O)N12. The van der Waals surface area contributed by atoms with Crippen molar-refractivity contribution in [2.45, 2.75) is 23.8 Å². The summed E-state index contributed by atoms with van der Waals surface area (Å²) in [5.74, 6) is -0.329. The number of hydrogen-bond donors (Lipinski definition) is 1. The second kappa shape index (κ2) is 6.59. The van der Waals surface area contributed by atoms with Crippen molar-refractivity contribution in [3.8, 4) is 0 Å². The van der Waals surface area contributed by atoms with Crippen molar-refractivity contribution in [2.75, 3.05) is 11.1 Å². The molecule has 0 radical (unpaired) electrons. The summed E-state index contributed by atoms with van der Waals surface area (Å²) in [7, 11) is 0. The quantitative estimate of drug-likeness (QED) is 0.861. The summed E-state index contributed by atoms with van der Waals surface area (Å²) < 4.78 is 13.3. The van der Waals surface area contributed by atoms with E-state index >= 15 is 0 Å². The second-order valence-corrected chi connectivity index (χ2v) is 8.06. The van der Waals surface area contributed by atoms with Crippen LogP contribution in [0.15, 0.2) is 48.5 Å². The number of thioether (sulfide) groups is 1. The van der Waals surface area contributed by atoms with Crippen LogP contribution in [0.2, 0.25) is 5.02 Å². The van der Waals surface area contributed by atoms with Crippen LogP contribution in [0.5, 0.6) is 0 Å². The van der Waals surface area contributed by atoms with Crippen LogP contribution < -0.4 is 5.32 Å². The summed E-state index contributed by atoms with van der Waals surface area (Å²) in [6.07, 6.45) is 1.11. The Kier molecular flexibility index (Phi) is 4.40. The van der Waals surface area contributed by atoms with Crippen LogP contribution in [-0.2, 0) is 14.5 Å². The fraction of sp³-hybridized carbons (Fsp3) is 0.263. The van der Waals surface area contributed by atoms with E-state index in [0.717, 1.165) is 5.56 Å². The van der Waals surface area contributed by atoms with E-state index < -0.39 is 16.7 Å². The van der Waals surface area contributed by atoms with Crippen molar-refractivity contribution in [3.63, 3.8) is 0 Å². The maximum atomic E-state index is 13.3. The van der Waals surface area contributed by atoms with Crippen LogP contribution in [0.1, 0.15) is 18.4 Å². The summed E-state index contributed by atoms with van der Waals surface area (Å²) in [6.45, 7) is 0. The number of anilines is 1. The van der Waals surface area contributed by atoms with E-state index in [1.807, 2.05) is 30.3 Å². The molecule has 2 atom stereocenters. The molecule has 1 N–H and O–H groups in total. The average Bonchev–Trinajstić information content (AvgIpc) is 3.18. The lowest BCUT2D eigenvalue weighted by atomic mass is 10.0. The molecule has 0 saturated carbocycles. The zero-order valence-corrected chi connectivity index (χ0v) is 15.3. The molecule has 7 heteroatoms. The molecule has 134 valence electrons. The van der Waals surface area contributed by atoms with Gasteiger partial charge in [-0.1, -0.05) is 41.9 Å². The first-order valence-corrected chi connectivity index (χ1v) is 9.65.